The highest BCUT2D eigenvalue weighted by molar-refractivity contribution is 5.73. The fourth-order valence-electron chi connectivity index (χ4n) is 5.24. The zero-order valence-corrected chi connectivity index (χ0v) is 22.2. The highest BCUT2D eigenvalue weighted by Crippen LogP contribution is 2.39. The van der Waals surface area contributed by atoms with Crippen molar-refractivity contribution in [3.8, 4) is 0 Å². The zero-order valence-electron chi connectivity index (χ0n) is 22.2. The lowest BCUT2D eigenvalue weighted by molar-refractivity contribution is -0.138. The Morgan fingerprint density at radius 3 is 2.50 bits per heavy atom. The van der Waals surface area contributed by atoms with Gasteiger partial charge in [-0.05, 0) is 42.4 Å². The number of morpholine rings is 1. The smallest absolute Gasteiger partial charge is 0.372 e. The second kappa shape index (κ2) is 11.0. The van der Waals surface area contributed by atoms with E-state index in [-0.39, 0.29) is 41.1 Å². The molecular formula is C27H35F4N5O2. The summed E-state index contributed by atoms with van der Waals surface area (Å²) in [5, 5.41) is 3.23. The second-order valence-electron chi connectivity index (χ2n) is 11.2. The quantitative estimate of drug-likeness (QED) is 0.495. The number of aromatic nitrogens is 2. The summed E-state index contributed by atoms with van der Waals surface area (Å²) in [6, 6.07) is 4.39. The Balaban J connectivity index is 1.58. The normalized spacial score (nSPS) is 21.5. The summed E-state index contributed by atoms with van der Waals surface area (Å²) in [4.78, 5) is 23.9. The number of nitrogens with zero attached hydrogens (tertiary/aromatic N) is 4. The molecule has 0 bridgehead atoms. The van der Waals surface area contributed by atoms with Crippen LogP contribution in [-0.4, -0.2) is 59.2 Å². The molecule has 1 aromatic heterocycles. The third kappa shape index (κ3) is 6.54. The van der Waals surface area contributed by atoms with Crippen molar-refractivity contribution in [2.75, 3.05) is 36.5 Å². The van der Waals surface area contributed by atoms with Crippen LogP contribution in [0.4, 0.5) is 29.2 Å². The van der Waals surface area contributed by atoms with Crippen LogP contribution >= 0.6 is 0 Å². The molecule has 38 heavy (non-hydrogen) atoms. The lowest BCUT2D eigenvalue weighted by Crippen LogP contribution is -2.52. The van der Waals surface area contributed by atoms with Crippen LogP contribution in [0, 0.1) is 11.2 Å². The Kier molecular flexibility index (Phi) is 8.15. The number of nitrogens with one attached hydrogen (secondary N) is 1. The molecule has 2 fully saturated rings. The van der Waals surface area contributed by atoms with Gasteiger partial charge in [0.25, 0.3) is 0 Å². The maximum absolute atomic E-state index is 15.9. The molecule has 1 amide bonds. The van der Waals surface area contributed by atoms with Gasteiger partial charge in [-0.15, -0.1) is 0 Å². The van der Waals surface area contributed by atoms with Crippen molar-refractivity contribution in [1.29, 1.82) is 0 Å². The van der Waals surface area contributed by atoms with Gasteiger partial charge in [-0.3, -0.25) is 4.79 Å². The first kappa shape index (κ1) is 28.1. The average Bonchev–Trinajstić information content (AvgIpc) is 3.33. The fraction of sp³-hybridized carbons (Fsp3) is 0.593. The van der Waals surface area contributed by atoms with Crippen LogP contribution in [0.2, 0.25) is 0 Å². The maximum atomic E-state index is 15.9. The second-order valence-corrected chi connectivity index (χ2v) is 11.2. The summed E-state index contributed by atoms with van der Waals surface area (Å²) in [6.45, 7) is 9.57. The number of anilines is 2. The van der Waals surface area contributed by atoms with Gasteiger partial charge in [-0.1, -0.05) is 32.9 Å². The molecule has 0 aliphatic carbocycles. The molecule has 4 rings (SSSR count). The Morgan fingerprint density at radius 2 is 1.87 bits per heavy atom. The Hall–Kier alpha value is -2.95. The number of carbonyl (C=O) groups is 1. The van der Waals surface area contributed by atoms with Crippen LogP contribution in [0.3, 0.4) is 0 Å². The van der Waals surface area contributed by atoms with E-state index in [4.69, 9.17) is 4.74 Å². The minimum absolute atomic E-state index is 0.0332. The molecule has 11 heteroatoms. The Labute approximate surface area is 220 Å². The largest absolute Gasteiger partial charge is 0.416 e. The molecule has 2 saturated heterocycles. The molecule has 2 aliphatic heterocycles. The van der Waals surface area contributed by atoms with E-state index < -0.39 is 17.6 Å². The van der Waals surface area contributed by atoms with Gasteiger partial charge in [0.15, 0.2) is 11.6 Å². The van der Waals surface area contributed by atoms with Crippen LogP contribution < -0.4 is 10.2 Å². The van der Waals surface area contributed by atoms with Crippen molar-refractivity contribution in [1.82, 2.24) is 14.9 Å². The van der Waals surface area contributed by atoms with Gasteiger partial charge < -0.3 is 19.9 Å². The zero-order chi connectivity index (χ0) is 27.7. The van der Waals surface area contributed by atoms with Gasteiger partial charge >= 0.3 is 6.18 Å². The number of rotatable bonds is 6. The van der Waals surface area contributed by atoms with E-state index in [1.165, 1.54) is 25.4 Å². The van der Waals surface area contributed by atoms with Gasteiger partial charge in [-0.25, -0.2) is 9.97 Å². The third-order valence-electron chi connectivity index (χ3n) is 7.06. The average molecular weight is 538 g/mol. The van der Waals surface area contributed by atoms with Crippen LogP contribution in [0.25, 0.3) is 0 Å². The third-order valence-corrected chi connectivity index (χ3v) is 7.06. The van der Waals surface area contributed by atoms with Gasteiger partial charge in [-0.2, -0.15) is 17.6 Å². The lowest BCUT2D eigenvalue weighted by atomic mass is 9.85. The predicted molar refractivity (Wildman–Crippen MR) is 136 cm³/mol. The van der Waals surface area contributed by atoms with E-state index in [9.17, 15) is 18.0 Å². The number of benzene rings is 1. The van der Waals surface area contributed by atoms with Gasteiger partial charge in [0.2, 0.25) is 11.7 Å². The Morgan fingerprint density at radius 1 is 1.16 bits per heavy atom. The summed E-state index contributed by atoms with van der Waals surface area (Å²) >= 11 is 0. The molecule has 1 N–H and O–H groups in total. The lowest BCUT2D eigenvalue weighted by Gasteiger charge is -2.39. The monoisotopic (exact) mass is 537 g/mol. The van der Waals surface area contributed by atoms with Crippen LogP contribution in [-0.2, 0) is 15.7 Å². The summed E-state index contributed by atoms with van der Waals surface area (Å²) in [5.74, 6) is -0.517. The minimum atomic E-state index is -4.42. The van der Waals surface area contributed by atoms with Gasteiger partial charge in [0, 0.05) is 26.6 Å². The molecule has 2 aromatic rings. The van der Waals surface area contributed by atoms with Crippen molar-refractivity contribution in [3.05, 3.63) is 47.5 Å². The van der Waals surface area contributed by atoms with Crippen LogP contribution in [0.15, 0.2) is 30.6 Å². The fourth-order valence-corrected chi connectivity index (χ4v) is 5.24. The summed E-state index contributed by atoms with van der Waals surface area (Å²) in [6.07, 6.45) is -1.42. The molecule has 3 atom stereocenters. The molecular weight excluding hydrogens is 502 g/mol. The molecule has 0 spiro atoms. The van der Waals surface area contributed by atoms with Crippen molar-refractivity contribution < 1.29 is 27.1 Å². The van der Waals surface area contributed by atoms with Crippen molar-refractivity contribution in [3.63, 3.8) is 0 Å². The number of carbonyl (C=O) groups excluding carboxylic acids is 1. The highest BCUT2D eigenvalue weighted by atomic mass is 19.4. The molecule has 2 aliphatic rings. The summed E-state index contributed by atoms with van der Waals surface area (Å²) in [5.41, 5.74) is -0.161. The van der Waals surface area contributed by atoms with Gasteiger partial charge in [0.05, 0.1) is 30.4 Å². The van der Waals surface area contributed by atoms with Crippen molar-refractivity contribution >= 4 is 17.5 Å². The maximum Gasteiger partial charge on any atom is 0.416 e. The molecule has 0 radical (unpaired) electrons. The van der Waals surface area contributed by atoms with E-state index in [1.807, 2.05) is 0 Å². The standard InChI is InChI=1S/C27H35F4N5O2/c1-17(37)35-12-13-38-22(15-35)20(14-26(2,3)4)34-24-23(28)25(33-16-32-24)36-11-5-6-21(36)18-7-9-19(10-8-18)27(29,30)31/h7-10,16,20-22H,5-6,11-15H2,1-4H3,(H,32,33,34). The van der Waals surface area contributed by atoms with Gasteiger partial charge in [0.1, 0.15) is 6.33 Å². The number of hydrogen-bond acceptors (Lipinski definition) is 6. The predicted octanol–water partition coefficient (Wildman–Crippen LogP) is 5.44. The first-order valence-electron chi connectivity index (χ1n) is 12.9. The van der Waals surface area contributed by atoms with E-state index in [1.54, 1.807) is 9.80 Å². The number of ether oxygens (including phenoxy) is 1. The topological polar surface area (TPSA) is 70.6 Å². The first-order valence-corrected chi connectivity index (χ1v) is 12.9. The molecule has 208 valence electrons. The Bertz CT molecular complexity index is 1120. The van der Waals surface area contributed by atoms with Crippen molar-refractivity contribution in [2.45, 2.75) is 71.3 Å². The molecule has 1 aromatic carbocycles. The molecule has 3 heterocycles. The number of amides is 1. The van der Waals surface area contributed by atoms with Crippen LogP contribution in [0.1, 0.15) is 64.1 Å². The molecule has 7 nitrogen and oxygen atoms in total. The molecule has 3 unspecified atom stereocenters. The van der Waals surface area contributed by atoms with E-state index in [0.29, 0.717) is 44.6 Å². The van der Waals surface area contributed by atoms with E-state index in [0.717, 1.165) is 18.6 Å². The highest BCUT2D eigenvalue weighted by Gasteiger charge is 2.35. The molecule has 0 saturated carbocycles. The minimum Gasteiger partial charge on any atom is -0.372 e. The summed E-state index contributed by atoms with van der Waals surface area (Å²) < 4.78 is 61.0. The first-order chi connectivity index (χ1) is 17.8. The number of hydrogen-bond donors (Lipinski definition) is 1. The SMILES string of the molecule is CC(=O)N1CCOC(C(CC(C)(C)C)Nc2ncnc(N3CCCC3c3ccc(C(F)(F)F)cc3)c2F)C1. The number of alkyl halides is 3. The summed E-state index contributed by atoms with van der Waals surface area (Å²) in [7, 11) is 0. The van der Waals surface area contributed by atoms with E-state index in [2.05, 4.69) is 36.1 Å². The van der Waals surface area contributed by atoms with Crippen LogP contribution in [0.5, 0.6) is 0 Å². The van der Waals surface area contributed by atoms with E-state index >= 15 is 4.39 Å². The number of halogens is 4. The van der Waals surface area contributed by atoms with Crippen molar-refractivity contribution in [2.24, 2.45) is 5.41 Å².